The van der Waals surface area contributed by atoms with Crippen molar-refractivity contribution in [2.75, 3.05) is 45.9 Å². The Morgan fingerprint density at radius 2 is 2.07 bits per heavy atom. The van der Waals surface area contributed by atoms with Gasteiger partial charge in [-0.3, -0.25) is 4.79 Å². The zero-order valence-electron chi connectivity index (χ0n) is 16.4. The summed E-state index contributed by atoms with van der Waals surface area (Å²) in [5.74, 6) is 1.82. The van der Waals surface area contributed by atoms with Crippen LogP contribution in [0, 0.1) is 0 Å². The van der Waals surface area contributed by atoms with Crippen molar-refractivity contribution in [3.63, 3.8) is 0 Å². The summed E-state index contributed by atoms with van der Waals surface area (Å²) >= 11 is 0. The highest BCUT2D eigenvalue weighted by molar-refractivity contribution is 5.76. The summed E-state index contributed by atoms with van der Waals surface area (Å²) in [6.07, 6.45) is 1.75. The maximum absolute atomic E-state index is 12.0. The summed E-state index contributed by atoms with van der Waals surface area (Å²) in [6, 6.07) is 7.54. The fraction of sp³-hybridized carbons (Fsp3) is 0.550. The minimum atomic E-state index is 0.0149. The van der Waals surface area contributed by atoms with Gasteiger partial charge in [-0.15, -0.1) is 0 Å². The van der Waals surface area contributed by atoms with Crippen LogP contribution in [0.2, 0.25) is 0 Å². The normalized spacial score (nSPS) is 14.8. The molecule has 1 saturated heterocycles. The van der Waals surface area contributed by atoms with Crippen LogP contribution in [0.1, 0.15) is 25.7 Å². The quantitative estimate of drug-likeness (QED) is 0.597. The largest absolute Gasteiger partial charge is 0.494 e. The molecule has 1 aliphatic rings. The Morgan fingerprint density at radius 1 is 1.29 bits per heavy atom. The van der Waals surface area contributed by atoms with E-state index in [1.807, 2.05) is 31.2 Å². The first-order valence-electron chi connectivity index (χ1n) is 10.00. The van der Waals surface area contributed by atoms with Crippen molar-refractivity contribution in [2.45, 2.75) is 26.2 Å². The van der Waals surface area contributed by atoms with Crippen LogP contribution >= 0.6 is 0 Å². The average Bonchev–Trinajstić information content (AvgIpc) is 3.20. The van der Waals surface area contributed by atoms with Crippen LogP contribution in [0.3, 0.4) is 0 Å². The van der Waals surface area contributed by atoms with Crippen LogP contribution in [0.4, 0.5) is 0 Å². The second-order valence-corrected chi connectivity index (χ2v) is 6.76. The van der Waals surface area contributed by atoms with E-state index in [1.165, 1.54) is 0 Å². The molecule has 0 spiro atoms. The lowest BCUT2D eigenvalue weighted by Crippen LogP contribution is -2.44. The number of hydrogen-bond donors (Lipinski definition) is 2. The van der Waals surface area contributed by atoms with E-state index in [0.29, 0.717) is 37.7 Å². The molecule has 0 saturated carbocycles. The Kier molecular flexibility index (Phi) is 7.81. The molecule has 8 heteroatoms. The predicted molar refractivity (Wildman–Crippen MR) is 106 cm³/mol. The number of hydrogen-bond acceptors (Lipinski definition) is 7. The van der Waals surface area contributed by atoms with E-state index >= 15 is 0 Å². The molecule has 28 heavy (non-hydrogen) atoms. The van der Waals surface area contributed by atoms with Crippen LogP contribution in [0.15, 0.2) is 28.8 Å². The zero-order valence-corrected chi connectivity index (χ0v) is 16.4. The molecule has 0 radical (unpaired) electrons. The smallest absolute Gasteiger partial charge is 0.227 e. The molecule has 0 aliphatic carbocycles. The number of ether oxygens (including phenoxy) is 1. The van der Waals surface area contributed by atoms with Crippen molar-refractivity contribution in [1.82, 2.24) is 25.7 Å². The number of carbonyl (C=O) groups excluding carboxylic acids is 1. The third-order valence-corrected chi connectivity index (χ3v) is 4.64. The Balaban J connectivity index is 1.36. The maximum Gasteiger partial charge on any atom is 0.227 e. The number of nitrogens with one attached hydrogen (secondary N) is 2. The highest BCUT2D eigenvalue weighted by Crippen LogP contribution is 2.20. The molecule has 2 N–H and O–H groups in total. The van der Waals surface area contributed by atoms with Crippen molar-refractivity contribution < 1.29 is 14.1 Å². The number of aryl methyl sites for hydroxylation is 1. The Bertz CT molecular complexity index is 726. The number of amides is 1. The molecule has 2 heterocycles. The van der Waals surface area contributed by atoms with Gasteiger partial charge in [0.25, 0.3) is 0 Å². The molecule has 1 aromatic carbocycles. The summed E-state index contributed by atoms with van der Waals surface area (Å²) in [5.41, 5.74) is 0.857. The molecular weight excluding hydrogens is 358 g/mol. The van der Waals surface area contributed by atoms with Crippen molar-refractivity contribution in [3.8, 4) is 17.1 Å². The van der Waals surface area contributed by atoms with E-state index in [9.17, 15) is 4.79 Å². The van der Waals surface area contributed by atoms with Crippen molar-refractivity contribution in [1.29, 1.82) is 0 Å². The molecule has 3 rings (SSSR count). The standard InChI is InChI=1S/C20H29N5O3/c1-2-27-17-6-4-16(5-7-17)20-23-19(28-24-20)9-8-18(26)22-10-3-13-25-14-11-21-12-15-25/h4-7,21H,2-3,8-15H2,1H3,(H,22,26). The third-order valence-electron chi connectivity index (χ3n) is 4.64. The van der Waals surface area contributed by atoms with E-state index in [1.54, 1.807) is 0 Å². The van der Waals surface area contributed by atoms with Gasteiger partial charge in [0.2, 0.25) is 17.6 Å². The fourth-order valence-corrected chi connectivity index (χ4v) is 3.11. The van der Waals surface area contributed by atoms with E-state index < -0.39 is 0 Å². The summed E-state index contributed by atoms with van der Waals surface area (Å²) in [7, 11) is 0. The van der Waals surface area contributed by atoms with E-state index in [2.05, 4.69) is 25.7 Å². The van der Waals surface area contributed by atoms with E-state index in [0.717, 1.165) is 50.5 Å². The Morgan fingerprint density at radius 3 is 2.82 bits per heavy atom. The summed E-state index contributed by atoms with van der Waals surface area (Å²) in [6.45, 7) is 8.57. The minimum Gasteiger partial charge on any atom is -0.494 e. The van der Waals surface area contributed by atoms with Gasteiger partial charge >= 0.3 is 0 Å². The predicted octanol–water partition coefficient (Wildman–Crippen LogP) is 1.48. The van der Waals surface area contributed by atoms with Gasteiger partial charge < -0.3 is 24.8 Å². The number of aromatic nitrogens is 2. The van der Waals surface area contributed by atoms with Gasteiger partial charge in [0.1, 0.15) is 5.75 Å². The molecule has 0 atom stereocenters. The molecule has 0 unspecified atom stereocenters. The van der Waals surface area contributed by atoms with Gasteiger partial charge in [0, 0.05) is 51.1 Å². The van der Waals surface area contributed by atoms with Gasteiger partial charge in [-0.05, 0) is 44.2 Å². The molecule has 0 bridgehead atoms. The third kappa shape index (κ3) is 6.31. The first kappa shape index (κ1) is 20.3. The maximum atomic E-state index is 12.0. The van der Waals surface area contributed by atoms with Crippen molar-refractivity contribution >= 4 is 5.91 Å². The van der Waals surface area contributed by atoms with E-state index in [4.69, 9.17) is 9.26 Å². The molecule has 1 fully saturated rings. The molecule has 8 nitrogen and oxygen atoms in total. The molecule has 152 valence electrons. The van der Waals surface area contributed by atoms with Crippen LogP contribution < -0.4 is 15.4 Å². The molecule has 1 aliphatic heterocycles. The first-order valence-corrected chi connectivity index (χ1v) is 10.00. The van der Waals surface area contributed by atoms with Gasteiger partial charge in [0.05, 0.1) is 6.61 Å². The lowest BCUT2D eigenvalue weighted by Gasteiger charge is -2.27. The minimum absolute atomic E-state index is 0.0149. The van der Waals surface area contributed by atoms with Crippen molar-refractivity contribution in [3.05, 3.63) is 30.2 Å². The second kappa shape index (κ2) is 10.8. The summed E-state index contributed by atoms with van der Waals surface area (Å²) in [5, 5.41) is 10.3. The lowest BCUT2D eigenvalue weighted by molar-refractivity contribution is -0.121. The number of benzene rings is 1. The number of carbonyl (C=O) groups is 1. The zero-order chi connectivity index (χ0) is 19.6. The average molecular weight is 387 g/mol. The van der Waals surface area contributed by atoms with Crippen LogP contribution in [-0.2, 0) is 11.2 Å². The Hall–Kier alpha value is -2.45. The highest BCUT2D eigenvalue weighted by Gasteiger charge is 2.12. The van der Waals surface area contributed by atoms with E-state index in [-0.39, 0.29) is 5.91 Å². The fourth-order valence-electron chi connectivity index (χ4n) is 3.11. The molecule has 1 aromatic heterocycles. The van der Waals surface area contributed by atoms with Gasteiger partial charge in [-0.1, -0.05) is 5.16 Å². The van der Waals surface area contributed by atoms with Crippen LogP contribution in [0.5, 0.6) is 5.75 Å². The highest BCUT2D eigenvalue weighted by atomic mass is 16.5. The van der Waals surface area contributed by atoms with Crippen LogP contribution in [0.25, 0.3) is 11.4 Å². The van der Waals surface area contributed by atoms with Gasteiger partial charge in [-0.25, -0.2) is 0 Å². The molecular formula is C20H29N5O3. The molecule has 1 amide bonds. The first-order chi connectivity index (χ1) is 13.7. The number of nitrogens with zero attached hydrogens (tertiary/aromatic N) is 3. The molecule has 2 aromatic rings. The number of rotatable bonds is 10. The van der Waals surface area contributed by atoms with Crippen LogP contribution in [-0.4, -0.2) is 66.8 Å². The topological polar surface area (TPSA) is 92.5 Å². The SMILES string of the molecule is CCOc1ccc(-c2noc(CCC(=O)NCCCN3CCNCC3)n2)cc1. The monoisotopic (exact) mass is 387 g/mol. The Labute approximate surface area is 165 Å². The number of piperazine rings is 1. The van der Waals surface area contributed by atoms with Gasteiger partial charge in [0.15, 0.2) is 0 Å². The summed E-state index contributed by atoms with van der Waals surface area (Å²) < 4.78 is 10.7. The van der Waals surface area contributed by atoms with Crippen molar-refractivity contribution in [2.24, 2.45) is 0 Å². The van der Waals surface area contributed by atoms with Gasteiger partial charge in [-0.2, -0.15) is 4.98 Å². The lowest BCUT2D eigenvalue weighted by atomic mass is 10.2. The summed E-state index contributed by atoms with van der Waals surface area (Å²) in [4.78, 5) is 18.8. The second-order valence-electron chi connectivity index (χ2n) is 6.76.